The highest BCUT2D eigenvalue weighted by atomic mass is 35.5. The zero-order chi connectivity index (χ0) is 10.8. The fraction of sp³-hybridized carbons (Fsp3) is 0.750. The van der Waals surface area contributed by atoms with Gasteiger partial charge in [0.05, 0.1) is 6.61 Å². The van der Waals surface area contributed by atoms with Crippen LogP contribution in [-0.4, -0.2) is 31.0 Å². The minimum atomic E-state index is -0.527. The molecule has 0 aromatic carbocycles. The average molecular weight is 223 g/mol. The Hall–Kier alpha value is -0.970. The topological polar surface area (TPSA) is 81.4 Å². The molecule has 3 N–H and O–H groups in total. The van der Waals surface area contributed by atoms with E-state index in [0.717, 1.165) is 12.8 Å². The Kier molecular flexibility index (Phi) is 8.02. The number of unbranched alkanes of at least 4 members (excludes halogenated alkanes) is 1. The van der Waals surface area contributed by atoms with Gasteiger partial charge in [0.2, 0.25) is 5.91 Å². The molecule has 14 heavy (non-hydrogen) atoms. The Morgan fingerprint density at radius 1 is 1.36 bits per heavy atom. The molecule has 0 heterocycles. The Labute approximate surface area is 87.9 Å². The van der Waals surface area contributed by atoms with Gasteiger partial charge in [-0.2, -0.15) is 0 Å². The zero-order valence-corrected chi connectivity index (χ0v) is 8.68. The molecule has 0 bridgehead atoms. The molecule has 2 amide bonds. The van der Waals surface area contributed by atoms with Crippen molar-refractivity contribution in [3.05, 3.63) is 0 Å². The number of carbonyl (C=O) groups is 2. The largest absolute Gasteiger partial charge is 0.450 e. The molecule has 0 atom stereocenters. The van der Waals surface area contributed by atoms with Crippen LogP contribution < -0.4 is 11.1 Å². The van der Waals surface area contributed by atoms with Crippen LogP contribution in [0.1, 0.15) is 19.3 Å². The van der Waals surface area contributed by atoms with Gasteiger partial charge in [-0.1, -0.05) is 0 Å². The fourth-order valence-corrected chi connectivity index (χ4v) is 0.889. The van der Waals surface area contributed by atoms with Crippen molar-refractivity contribution in [2.45, 2.75) is 19.3 Å². The monoisotopic (exact) mass is 222 g/mol. The lowest BCUT2D eigenvalue weighted by molar-refractivity contribution is -0.117. The molecule has 0 aliphatic heterocycles. The first kappa shape index (κ1) is 13.0. The third-order valence-electron chi connectivity index (χ3n) is 1.40. The predicted octanol–water partition coefficient (Wildman–Crippen LogP) is 0.607. The number of alkyl halides is 1. The van der Waals surface area contributed by atoms with E-state index < -0.39 is 12.0 Å². The molecule has 0 aromatic heterocycles. The van der Waals surface area contributed by atoms with Crippen LogP contribution in [0.15, 0.2) is 0 Å². The van der Waals surface area contributed by atoms with E-state index in [0.29, 0.717) is 12.5 Å². The van der Waals surface area contributed by atoms with Crippen molar-refractivity contribution in [2.24, 2.45) is 5.73 Å². The molecule has 0 saturated carbocycles. The minimum absolute atomic E-state index is 0.122. The van der Waals surface area contributed by atoms with Gasteiger partial charge in [0.15, 0.2) is 0 Å². The number of hydrogen-bond donors (Lipinski definition) is 2. The number of alkyl carbamates (subject to hydrolysis) is 1. The first-order valence-electron chi connectivity index (χ1n) is 4.41. The zero-order valence-electron chi connectivity index (χ0n) is 7.92. The van der Waals surface area contributed by atoms with Crippen molar-refractivity contribution in [1.29, 1.82) is 0 Å². The number of ether oxygens (including phenoxy) is 1. The van der Waals surface area contributed by atoms with E-state index in [1.807, 2.05) is 0 Å². The Bertz CT molecular complexity index is 187. The first-order chi connectivity index (χ1) is 6.66. The van der Waals surface area contributed by atoms with Crippen LogP contribution in [0.4, 0.5) is 4.79 Å². The summed E-state index contributed by atoms with van der Waals surface area (Å²) in [5.74, 6) is 0.111. The number of primary amides is 1. The number of halogens is 1. The number of nitrogens with two attached hydrogens (primary N) is 1. The van der Waals surface area contributed by atoms with Crippen molar-refractivity contribution in [1.82, 2.24) is 5.32 Å². The second-order valence-electron chi connectivity index (χ2n) is 2.68. The van der Waals surface area contributed by atoms with Gasteiger partial charge in [-0.25, -0.2) is 4.79 Å². The molecule has 82 valence electrons. The summed E-state index contributed by atoms with van der Waals surface area (Å²) in [6, 6.07) is 0. The van der Waals surface area contributed by atoms with Crippen molar-refractivity contribution in [2.75, 3.05) is 19.0 Å². The molecule has 0 aromatic rings. The van der Waals surface area contributed by atoms with Crippen LogP contribution in [0.2, 0.25) is 0 Å². The van der Waals surface area contributed by atoms with Crippen molar-refractivity contribution < 1.29 is 14.3 Å². The lowest BCUT2D eigenvalue weighted by Crippen LogP contribution is -2.28. The quantitative estimate of drug-likeness (QED) is 0.489. The van der Waals surface area contributed by atoms with Gasteiger partial charge in [0.1, 0.15) is 0 Å². The molecule has 0 fully saturated rings. The van der Waals surface area contributed by atoms with E-state index in [1.165, 1.54) is 0 Å². The van der Waals surface area contributed by atoms with Gasteiger partial charge < -0.3 is 15.8 Å². The van der Waals surface area contributed by atoms with Crippen LogP contribution in [-0.2, 0) is 9.53 Å². The van der Waals surface area contributed by atoms with Crippen molar-refractivity contribution in [3.63, 3.8) is 0 Å². The lowest BCUT2D eigenvalue weighted by Gasteiger charge is -2.04. The summed E-state index contributed by atoms with van der Waals surface area (Å²) < 4.78 is 4.77. The van der Waals surface area contributed by atoms with Gasteiger partial charge in [0.25, 0.3) is 0 Å². The van der Waals surface area contributed by atoms with E-state index in [4.69, 9.17) is 22.1 Å². The summed E-state index contributed by atoms with van der Waals surface area (Å²) in [4.78, 5) is 21.2. The summed E-state index contributed by atoms with van der Waals surface area (Å²) in [5, 5.41) is 2.40. The summed E-state index contributed by atoms with van der Waals surface area (Å²) in [5.41, 5.74) is 4.87. The standard InChI is InChI=1S/C8H15ClN2O3/c9-4-1-2-6-14-8(13)11-5-3-7(10)12/h1-6H2,(H2,10,12)(H,11,13). The minimum Gasteiger partial charge on any atom is -0.450 e. The number of nitrogens with one attached hydrogen (secondary N) is 1. The van der Waals surface area contributed by atoms with Gasteiger partial charge >= 0.3 is 6.09 Å². The maximum Gasteiger partial charge on any atom is 0.407 e. The highest BCUT2D eigenvalue weighted by molar-refractivity contribution is 6.17. The summed E-state index contributed by atoms with van der Waals surface area (Å²) >= 11 is 5.43. The van der Waals surface area contributed by atoms with Crippen LogP contribution in [0.25, 0.3) is 0 Å². The molecular formula is C8H15ClN2O3. The average Bonchev–Trinajstić information content (AvgIpc) is 2.12. The Balaban J connectivity index is 3.24. The smallest absolute Gasteiger partial charge is 0.407 e. The molecule has 0 radical (unpaired) electrons. The molecule has 0 spiro atoms. The van der Waals surface area contributed by atoms with E-state index in [1.54, 1.807) is 0 Å². The maximum absolute atomic E-state index is 10.9. The second-order valence-corrected chi connectivity index (χ2v) is 3.05. The van der Waals surface area contributed by atoms with Crippen LogP contribution in [0, 0.1) is 0 Å². The van der Waals surface area contributed by atoms with Gasteiger partial charge in [-0.3, -0.25) is 4.79 Å². The van der Waals surface area contributed by atoms with E-state index in [-0.39, 0.29) is 13.0 Å². The molecule has 6 heteroatoms. The van der Waals surface area contributed by atoms with Crippen LogP contribution in [0.5, 0.6) is 0 Å². The molecule has 0 rings (SSSR count). The highest BCUT2D eigenvalue weighted by Crippen LogP contribution is 1.92. The Morgan fingerprint density at radius 2 is 2.07 bits per heavy atom. The fourth-order valence-electron chi connectivity index (χ4n) is 0.700. The van der Waals surface area contributed by atoms with E-state index in [9.17, 15) is 9.59 Å². The third kappa shape index (κ3) is 9.12. The van der Waals surface area contributed by atoms with Gasteiger partial charge in [0, 0.05) is 18.8 Å². The number of amides is 2. The molecule has 0 aliphatic carbocycles. The van der Waals surface area contributed by atoms with Gasteiger partial charge in [-0.05, 0) is 12.8 Å². The van der Waals surface area contributed by atoms with Crippen LogP contribution >= 0.6 is 11.6 Å². The highest BCUT2D eigenvalue weighted by Gasteiger charge is 2.01. The number of rotatable bonds is 7. The predicted molar refractivity (Wildman–Crippen MR) is 53.1 cm³/mol. The van der Waals surface area contributed by atoms with Crippen LogP contribution in [0.3, 0.4) is 0 Å². The number of carbonyl (C=O) groups excluding carboxylic acids is 2. The third-order valence-corrected chi connectivity index (χ3v) is 1.67. The van der Waals surface area contributed by atoms with Crippen molar-refractivity contribution >= 4 is 23.6 Å². The number of hydrogen-bond acceptors (Lipinski definition) is 3. The molecule has 0 aliphatic rings. The molecule has 5 nitrogen and oxygen atoms in total. The van der Waals surface area contributed by atoms with Gasteiger partial charge in [-0.15, -0.1) is 11.6 Å². The first-order valence-corrected chi connectivity index (χ1v) is 4.95. The molecule has 0 unspecified atom stereocenters. The molecular weight excluding hydrogens is 208 g/mol. The van der Waals surface area contributed by atoms with E-state index in [2.05, 4.69) is 5.32 Å². The molecule has 0 saturated heterocycles. The summed E-state index contributed by atoms with van der Waals surface area (Å²) in [6.45, 7) is 0.554. The second kappa shape index (κ2) is 8.62. The Morgan fingerprint density at radius 3 is 2.64 bits per heavy atom. The summed E-state index contributed by atoms with van der Waals surface area (Å²) in [6.07, 6.45) is 1.15. The normalized spacial score (nSPS) is 9.50. The van der Waals surface area contributed by atoms with E-state index >= 15 is 0 Å². The summed E-state index contributed by atoms with van der Waals surface area (Å²) in [7, 11) is 0. The maximum atomic E-state index is 10.9. The lowest BCUT2D eigenvalue weighted by atomic mass is 10.4. The SMILES string of the molecule is NC(=O)CCNC(=O)OCCCCCl. The van der Waals surface area contributed by atoms with Crippen molar-refractivity contribution in [3.8, 4) is 0 Å².